The SMILES string of the molecule is CCC(C)C1CN(C2CCCCC2)C(C2CC2)CN1. The first-order chi connectivity index (χ1) is 9.29. The van der Waals surface area contributed by atoms with Crippen molar-refractivity contribution in [3.8, 4) is 0 Å². The highest BCUT2D eigenvalue weighted by Crippen LogP contribution is 2.39. The molecule has 0 bridgehead atoms. The zero-order valence-corrected chi connectivity index (χ0v) is 12.9. The Balaban J connectivity index is 1.66. The molecular formula is C17H32N2. The third-order valence-corrected chi connectivity index (χ3v) is 5.96. The summed E-state index contributed by atoms with van der Waals surface area (Å²) in [5, 5.41) is 3.87. The number of rotatable bonds is 4. The minimum atomic E-state index is 0.738. The van der Waals surface area contributed by atoms with Gasteiger partial charge in [0.05, 0.1) is 0 Å². The van der Waals surface area contributed by atoms with Crippen LogP contribution in [0.25, 0.3) is 0 Å². The lowest BCUT2D eigenvalue weighted by Crippen LogP contribution is -2.61. The third-order valence-electron chi connectivity index (χ3n) is 5.96. The summed E-state index contributed by atoms with van der Waals surface area (Å²) in [6, 6.07) is 2.51. The van der Waals surface area contributed by atoms with Gasteiger partial charge in [-0.15, -0.1) is 0 Å². The van der Waals surface area contributed by atoms with Crippen LogP contribution in [0.15, 0.2) is 0 Å². The molecule has 19 heavy (non-hydrogen) atoms. The van der Waals surface area contributed by atoms with Crippen LogP contribution in [0, 0.1) is 11.8 Å². The number of nitrogens with zero attached hydrogens (tertiary/aromatic N) is 1. The van der Waals surface area contributed by atoms with E-state index in [1.54, 1.807) is 0 Å². The fourth-order valence-corrected chi connectivity index (χ4v) is 4.23. The van der Waals surface area contributed by atoms with Gasteiger partial charge in [-0.3, -0.25) is 4.90 Å². The van der Waals surface area contributed by atoms with Crippen LogP contribution in [0.2, 0.25) is 0 Å². The molecule has 3 unspecified atom stereocenters. The monoisotopic (exact) mass is 264 g/mol. The Morgan fingerprint density at radius 3 is 2.47 bits per heavy atom. The largest absolute Gasteiger partial charge is 0.311 e. The van der Waals surface area contributed by atoms with Gasteiger partial charge in [-0.25, -0.2) is 0 Å². The second-order valence-corrected chi connectivity index (χ2v) is 7.29. The Bertz CT molecular complexity index is 281. The average Bonchev–Trinajstić information content (AvgIpc) is 3.31. The molecule has 2 aliphatic carbocycles. The third kappa shape index (κ3) is 3.16. The molecule has 1 aliphatic heterocycles. The van der Waals surface area contributed by atoms with Crippen molar-refractivity contribution in [1.82, 2.24) is 10.2 Å². The van der Waals surface area contributed by atoms with Crippen molar-refractivity contribution in [2.75, 3.05) is 13.1 Å². The van der Waals surface area contributed by atoms with Crippen molar-refractivity contribution >= 4 is 0 Å². The van der Waals surface area contributed by atoms with E-state index in [1.165, 1.54) is 64.5 Å². The molecule has 110 valence electrons. The van der Waals surface area contributed by atoms with E-state index in [9.17, 15) is 0 Å². The van der Waals surface area contributed by atoms with E-state index < -0.39 is 0 Å². The molecular weight excluding hydrogens is 232 g/mol. The molecule has 1 heterocycles. The summed E-state index contributed by atoms with van der Waals surface area (Å²) in [4.78, 5) is 2.95. The van der Waals surface area contributed by atoms with Crippen molar-refractivity contribution in [1.29, 1.82) is 0 Å². The maximum Gasteiger partial charge on any atom is 0.0252 e. The molecule has 0 aromatic carbocycles. The van der Waals surface area contributed by atoms with E-state index in [0.717, 1.165) is 30.0 Å². The van der Waals surface area contributed by atoms with E-state index in [4.69, 9.17) is 0 Å². The number of hydrogen-bond donors (Lipinski definition) is 1. The minimum absolute atomic E-state index is 0.738. The van der Waals surface area contributed by atoms with Crippen molar-refractivity contribution in [3.05, 3.63) is 0 Å². The Morgan fingerprint density at radius 1 is 1.11 bits per heavy atom. The fourth-order valence-electron chi connectivity index (χ4n) is 4.23. The fraction of sp³-hybridized carbons (Fsp3) is 1.00. The van der Waals surface area contributed by atoms with Crippen LogP contribution >= 0.6 is 0 Å². The van der Waals surface area contributed by atoms with Crippen LogP contribution in [-0.2, 0) is 0 Å². The van der Waals surface area contributed by atoms with Gasteiger partial charge in [0.15, 0.2) is 0 Å². The average molecular weight is 264 g/mol. The highest BCUT2D eigenvalue weighted by molar-refractivity contribution is 4.98. The van der Waals surface area contributed by atoms with Gasteiger partial charge in [0, 0.05) is 31.2 Å². The molecule has 0 radical (unpaired) electrons. The summed E-state index contributed by atoms with van der Waals surface area (Å²) in [7, 11) is 0. The smallest absolute Gasteiger partial charge is 0.0252 e. The summed E-state index contributed by atoms with van der Waals surface area (Å²) in [5.74, 6) is 1.85. The van der Waals surface area contributed by atoms with Crippen molar-refractivity contribution in [2.45, 2.75) is 83.3 Å². The van der Waals surface area contributed by atoms with E-state index in [0.29, 0.717) is 0 Å². The van der Waals surface area contributed by atoms with Gasteiger partial charge in [-0.05, 0) is 37.5 Å². The van der Waals surface area contributed by atoms with Crippen LogP contribution in [0.4, 0.5) is 0 Å². The summed E-state index contributed by atoms with van der Waals surface area (Å²) < 4.78 is 0. The molecule has 1 N–H and O–H groups in total. The molecule has 0 spiro atoms. The lowest BCUT2D eigenvalue weighted by atomic mass is 9.88. The summed E-state index contributed by atoms with van der Waals surface area (Å²) >= 11 is 0. The van der Waals surface area contributed by atoms with Gasteiger partial charge >= 0.3 is 0 Å². The van der Waals surface area contributed by atoms with E-state index in [1.807, 2.05) is 0 Å². The lowest BCUT2D eigenvalue weighted by molar-refractivity contribution is 0.0393. The Hall–Kier alpha value is -0.0800. The second-order valence-electron chi connectivity index (χ2n) is 7.29. The van der Waals surface area contributed by atoms with Crippen molar-refractivity contribution in [2.24, 2.45) is 11.8 Å². The molecule has 3 aliphatic rings. The summed E-state index contributed by atoms with van der Waals surface area (Å²) in [6.07, 6.45) is 11.6. The number of nitrogens with one attached hydrogen (secondary N) is 1. The maximum absolute atomic E-state index is 3.87. The second kappa shape index (κ2) is 6.13. The molecule has 2 saturated carbocycles. The van der Waals surface area contributed by atoms with Gasteiger partial charge in [-0.2, -0.15) is 0 Å². The zero-order chi connectivity index (χ0) is 13.2. The zero-order valence-electron chi connectivity index (χ0n) is 12.9. The Morgan fingerprint density at radius 2 is 1.84 bits per heavy atom. The van der Waals surface area contributed by atoms with Crippen LogP contribution < -0.4 is 5.32 Å². The predicted molar refractivity (Wildman–Crippen MR) is 81.3 cm³/mol. The Kier molecular flexibility index (Phi) is 4.48. The van der Waals surface area contributed by atoms with Crippen LogP contribution in [0.3, 0.4) is 0 Å². The minimum Gasteiger partial charge on any atom is -0.311 e. The predicted octanol–water partition coefficient (Wildman–Crippen LogP) is 3.42. The first-order valence-corrected chi connectivity index (χ1v) is 8.78. The lowest BCUT2D eigenvalue weighted by Gasteiger charge is -2.47. The molecule has 1 saturated heterocycles. The first kappa shape index (κ1) is 13.9. The molecule has 0 aromatic rings. The van der Waals surface area contributed by atoms with E-state index in [-0.39, 0.29) is 0 Å². The Labute approximate surface area is 119 Å². The quantitative estimate of drug-likeness (QED) is 0.837. The molecule has 0 aromatic heterocycles. The summed E-state index contributed by atoms with van der Waals surface area (Å²) in [5.41, 5.74) is 0. The molecule has 3 rings (SSSR count). The van der Waals surface area contributed by atoms with Gasteiger partial charge in [0.1, 0.15) is 0 Å². The van der Waals surface area contributed by atoms with Crippen molar-refractivity contribution < 1.29 is 0 Å². The standard InChI is InChI=1S/C17H32N2/c1-3-13(2)16-12-19(15-7-5-4-6-8-15)17(11-18-16)14-9-10-14/h13-18H,3-12H2,1-2H3. The van der Waals surface area contributed by atoms with Crippen LogP contribution in [0.5, 0.6) is 0 Å². The van der Waals surface area contributed by atoms with Gasteiger partial charge < -0.3 is 5.32 Å². The summed E-state index contributed by atoms with van der Waals surface area (Å²) in [6.45, 7) is 7.34. The topological polar surface area (TPSA) is 15.3 Å². The van der Waals surface area contributed by atoms with Gasteiger partial charge in [-0.1, -0.05) is 39.5 Å². The molecule has 0 amide bonds. The molecule has 3 fully saturated rings. The highest BCUT2D eigenvalue weighted by atomic mass is 15.3. The highest BCUT2D eigenvalue weighted by Gasteiger charge is 2.42. The maximum atomic E-state index is 3.87. The molecule has 2 heteroatoms. The van der Waals surface area contributed by atoms with Gasteiger partial charge in [0.2, 0.25) is 0 Å². The van der Waals surface area contributed by atoms with E-state index in [2.05, 4.69) is 24.1 Å². The van der Waals surface area contributed by atoms with Crippen molar-refractivity contribution in [3.63, 3.8) is 0 Å². The molecule has 3 atom stereocenters. The number of piperazine rings is 1. The van der Waals surface area contributed by atoms with E-state index >= 15 is 0 Å². The van der Waals surface area contributed by atoms with Crippen LogP contribution in [-0.4, -0.2) is 36.1 Å². The van der Waals surface area contributed by atoms with Gasteiger partial charge in [0.25, 0.3) is 0 Å². The molecule has 2 nitrogen and oxygen atoms in total. The number of hydrogen-bond acceptors (Lipinski definition) is 2. The van der Waals surface area contributed by atoms with Crippen LogP contribution in [0.1, 0.15) is 65.2 Å². The normalized spacial score (nSPS) is 36.3. The first-order valence-electron chi connectivity index (χ1n) is 8.78.